The predicted molar refractivity (Wildman–Crippen MR) is 101 cm³/mol. The number of aromatic hydroxyl groups is 2. The minimum absolute atomic E-state index is 0.0140. The standard InChI is InChI=1S/C22H14O4/c23-11-13-1-3-15-5-7-19(25)21(17(15)9-13)22-18-10-14(12-24)2-4-16(18)6-8-20(22)26/h1-12,25-26H. The highest BCUT2D eigenvalue weighted by Crippen LogP contribution is 2.44. The van der Waals surface area contributed by atoms with Crippen molar-refractivity contribution in [2.75, 3.05) is 0 Å². The first kappa shape index (κ1) is 15.8. The van der Waals surface area contributed by atoms with Crippen LogP contribution in [0.1, 0.15) is 20.7 Å². The van der Waals surface area contributed by atoms with Crippen molar-refractivity contribution in [3.8, 4) is 22.6 Å². The Balaban J connectivity index is 2.19. The number of benzene rings is 4. The number of aldehydes is 2. The van der Waals surface area contributed by atoms with Gasteiger partial charge in [0.2, 0.25) is 0 Å². The van der Waals surface area contributed by atoms with Gasteiger partial charge in [-0.3, -0.25) is 9.59 Å². The quantitative estimate of drug-likeness (QED) is 0.529. The fraction of sp³-hybridized carbons (Fsp3) is 0. The van der Waals surface area contributed by atoms with Gasteiger partial charge in [0.05, 0.1) is 0 Å². The molecule has 0 unspecified atom stereocenters. The zero-order chi connectivity index (χ0) is 18.3. The average molecular weight is 342 g/mol. The molecule has 0 saturated carbocycles. The molecule has 0 aliphatic heterocycles. The predicted octanol–water partition coefficient (Wildman–Crippen LogP) is 4.70. The van der Waals surface area contributed by atoms with Gasteiger partial charge in [0.15, 0.2) is 0 Å². The van der Waals surface area contributed by atoms with Crippen molar-refractivity contribution in [2.45, 2.75) is 0 Å². The summed E-state index contributed by atoms with van der Waals surface area (Å²) in [5.41, 5.74) is 1.80. The molecule has 4 nitrogen and oxygen atoms in total. The summed E-state index contributed by atoms with van der Waals surface area (Å²) in [5, 5.41) is 24.1. The number of phenols is 2. The maximum atomic E-state index is 11.2. The van der Waals surface area contributed by atoms with Crippen LogP contribution < -0.4 is 0 Å². The van der Waals surface area contributed by atoms with Gasteiger partial charge in [-0.15, -0.1) is 0 Å². The third-order valence-corrected chi connectivity index (χ3v) is 4.57. The van der Waals surface area contributed by atoms with E-state index in [0.29, 0.717) is 33.0 Å². The van der Waals surface area contributed by atoms with Crippen LogP contribution in [0.5, 0.6) is 11.5 Å². The van der Waals surface area contributed by atoms with E-state index in [4.69, 9.17) is 0 Å². The molecule has 0 atom stereocenters. The number of fused-ring (bicyclic) bond motifs is 2. The van der Waals surface area contributed by atoms with Gasteiger partial charge >= 0.3 is 0 Å². The summed E-state index contributed by atoms with van der Waals surface area (Å²) < 4.78 is 0. The summed E-state index contributed by atoms with van der Waals surface area (Å²) in [4.78, 5) is 22.4. The lowest BCUT2D eigenvalue weighted by molar-refractivity contribution is 0.111. The van der Waals surface area contributed by atoms with E-state index in [1.807, 2.05) is 0 Å². The molecule has 0 saturated heterocycles. The van der Waals surface area contributed by atoms with Crippen molar-refractivity contribution in [2.24, 2.45) is 0 Å². The molecule has 0 radical (unpaired) electrons. The van der Waals surface area contributed by atoms with Crippen molar-refractivity contribution in [3.63, 3.8) is 0 Å². The molecule has 0 heterocycles. The molecule has 0 aliphatic carbocycles. The third-order valence-electron chi connectivity index (χ3n) is 4.57. The molecule has 4 aromatic carbocycles. The summed E-state index contributed by atoms with van der Waals surface area (Å²) in [6, 6.07) is 17.0. The SMILES string of the molecule is O=Cc1ccc2ccc(O)c(-c3c(O)ccc4ccc(C=O)cc34)c2c1. The van der Waals surface area contributed by atoms with Crippen LogP contribution in [-0.4, -0.2) is 22.8 Å². The Labute approximate surface area is 148 Å². The molecule has 0 aromatic heterocycles. The molecule has 0 aliphatic rings. The topological polar surface area (TPSA) is 74.6 Å². The van der Waals surface area contributed by atoms with Crippen molar-refractivity contribution in [1.29, 1.82) is 0 Å². The Morgan fingerprint density at radius 2 is 0.962 bits per heavy atom. The van der Waals surface area contributed by atoms with Crippen LogP contribution in [0.3, 0.4) is 0 Å². The maximum Gasteiger partial charge on any atom is 0.150 e. The smallest absolute Gasteiger partial charge is 0.150 e. The largest absolute Gasteiger partial charge is 0.507 e. The van der Waals surface area contributed by atoms with Gasteiger partial charge in [-0.1, -0.05) is 36.4 Å². The molecule has 2 N–H and O–H groups in total. The van der Waals surface area contributed by atoms with Crippen LogP contribution in [0.15, 0.2) is 60.7 Å². The lowest BCUT2D eigenvalue weighted by Crippen LogP contribution is -1.90. The van der Waals surface area contributed by atoms with E-state index in [1.54, 1.807) is 60.7 Å². The van der Waals surface area contributed by atoms with E-state index in [0.717, 1.165) is 23.3 Å². The van der Waals surface area contributed by atoms with Crippen molar-refractivity contribution < 1.29 is 19.8 Å². The van der Waals surface area contributed by atoms with Crippen LogP contribution in [0.2, 0.25) is 0 Å². The Morgan fingerprint density at radius 1 is 0.577 bits per heavy atom. The first-order chi connectivity index (χ1) is 12.6. The van der Waals surface area contributed by atoms with Gasteiger partial charge in [0, 0.05) is 22.3 Å². The van der Waals surface area contributed by atoms with Crippen LogP contribution in [0.4, 0.5) is 0 Å². The minimum Gasteiger partial charge on any atom is -0.507 e. The lowest BCUT2D eigenvalue weighted by atomic mass is 9.91. The van der Waals surface area contributed by atoms with E-state index in [9.17, 15) is 19.8 Å². The van der Waals surface area contributed by atoms with Crippen LogP contribution in [0.25, 0.3) is 32.7 Å². The minimum atomic E-state index is -0.0140. The van der Waals surface area contributed by atoms with Gasteiger partial charge in [-0.2, -0.15) is 0 Å². The normalized spacial score (nSPS) is 10.9. The van der Waals surface area contributed by atoms with Gasteiger partial charge in [0.1, 0.15) is 24.1 Å². The molecular formula is C22H14O4. The molecule has 0 bridgehead atoms. The first-order valence-corrected chi connectivity index (χ1v) is 8.04. The van der Waals surface area contributed by atoms with Crippen molar-refractivity contribution in [1.82, 2.24) is 0 Å². The Bertz CT molecular complexity index is 1100. The second-order valence-electron chi connectivity index (χ2n) is 6.12. The molecule has 126 valence electrons. The molecule has 0 amide bonds. The highest BCUT2D eigenvalue weighted by Gasteiger charge is 2.17. The Hall–Kier alpha value is -3.66. The zero-order valence-corrected chi connectivity index (χ0v) is 13.6. The van der Waals surface area contributed by atoms with Gasteiger partial charge in [-0.25, -0.2) is 0 Å². The fourth-order valence-electron chi connectivity index (χ4n) is 3.32. The summed E-state index contributed by atoms with van der Waals surface area (Å²) in [7, 11) is 0. The van der Waals surface area contributed by atoms with Crippen LogP contribution >= 0.6 is 0 Å². The second kappa shape index (κ2) is 6.01. The number of hydrogen-bond donors (Lipinski definition) is 2. The number of rotatable bonds is 3. The van der Waals surface area contributed by atoms with E-state index < -0.39 is 0 Å². The van der Waals surface area contributed by atoms with Crippen LogP contribution in [0, 0.1) is 0 Å². The maximum absolute atomic E-state index is 11.2. The highest BCUT2D eigenvalue weighted by molar-refractivity contribution is 6.11. The number of carbonyl (C=O) groups is 2. The number of carbonyl (C=O) groups excluding carboxylic acids is 2. The van der Waals surface area contributed by atoms with Crippen LogP contribution in [-0.2, 0) is 0 Å². The second-order valence-corrected chi connectivity index (χ2v) is 6.12. The van der Waals surface area contributed by atoms with Crippen molar-refractivity contribution in [3.05, 3.63) is 71.8 Å². The average Bonchev–Trinajstić information content (AvgIpc) is 2.68. The number of phenolic OH excluding ortho intramolecular Hbond substituents is 2. The van der Waals surface area contributed by atoms with Crippen molar-refractivity contribution >= 4 is 34.1 Å². The molecule has 4 heteroatoms. The van der Waals surface area contributed by atoms with E-state index in [1.165, 1.54) is 0 Å². The van der Waals surface area contributed by atoms with Gasteiger partial charge in [-0.05, 0) is 45.8 Å². The Kier molecular flexibility index (Phi) is 3.66. The summed E-state index contributed by atoms with van der Waals surface area (Å²) >= 11 is 0. The monoisotopic (exact) mass is 342 g/mol. The fourth-order valence-corrected chi connectivity index (χ4v) is 3.32. The van der Waals surface area contributed by atoms with E-state index >= 15 is 0 Å². The summed E-state index contributed by atoms with van der Waals surface area (Å²) in [5.74, 6) is -0.0280. The summed E-state index contributed by atoms with van der Waals surface area (Å²) in [6.45, 7) is 0. The molecular weight excluding hydrogens is 328 g/mol. The number of hydrogen-bond acceptors (Lipinski definition) is 4. The molecule has 4 rings (SSSR count). The molecule has 26 heavy (non-hydrogen) atoms. The zero-order valence-electron chi connectivity index (χ0n) is 13.6. The molecule has 0 fully saturated rings. The lowest BCUT2D eigenvalue weighted by Gasteiger charge is -2.14. The van der Waals surface area contributed by atoms with Gasteiger partial charge in [0.25, 0.3) is 0 Å². The van der Waals surface area contributed by atoms with E-state index in [-0.39, 0.29) is 11.5 Å². The highest BCUT2D eigenvalue weighted by atomic mass is 16.3. The molecule has 0 spiro atoms. The molecule has 4 aromatic rings. The summed E-state index contributed by atoms with van der Waals surface area (Å²) in [6.07, 6.45) is 1.47. The first-order valence-electron chi connectivity index (χ1n) is 8.04. The Morgan fingerprint density at radius 3 is 1.35 bits per heavy atom. The van der Waals surface area contributed by atoms with Gasteiger partial charge < -0.3 is 10.2 Å². The third kappa shape index (κ3) is 2.40. The van der Waals surface area contributed by atoms with E-state index in [2.05, 4.69) is 0 Å².